The highest BCUT2D eigenvalue weighted by atomic mass is 15.0. The molecular formula is C58H76N6. The van der Waals surface area contributed by atoms with E-state index in [4.69, 9.17) is 19.9 Å². The second-order valence-electron chi connectivity index (χ2n) is 22.7. The first-order valence-corrected chi connectivity index (χ1v) is 24.0. The Labute approximate surface area is 385 Å². The molecule has 2 aromatic carbocycles. The maximum atomic E-state index is 5.62. The average molecular weight is 857 g/mol. The Kier molecular flexibility index (Phi) is 12.0. The molecule has 0 saturated carbocycles. The number of nitrogens with one attached hydrogen (secondary N) is 2. The third-order valence-corrected chi connectivity index (χ3v) is 14.0. The van der Waals surface area contributed by atoms with Crippen molar-refractivity contribution in [2.45, 2.75) is 186 Å². The van der Waals surface area contributed by atoms with Crippen LogP contribution in [0.3, 0.4) is 0 Å². The summed E-state index contributed by atoms with van der Waals surface area (Å²) >= 11 is 0. The van der Waals surface area contributed by atoms with E-state index in [0.29, 0.717) is 0 Å². The van der Waals surface area contributed by atoms with Crippen molar-refractivity contribution in [2.24, 2.45) is 0 Å². The largest absolute Gasteiger partial charge is 0.339 e. The van der Waals surface area contributed by atoms with Crippen molar-refractivity contribution in [1.82, 2.24) is 29.9 Å². The van der Waals surface area contributed by atoms with E-state index in [1.54, 1.807) is 0 Å². The number of hydrogen-bond donors (Lipinski definition) is 2. The van der Waals surface area contributed by atoms with E-state index in [9.17, 15) is 0 Å². The van der Waals surface area contributed by atoms with Gasteiger partial charge in [0.05, 0.1) is 22.4 Å². The molecule has 0 saturated heterocycles. The lowest BCUT2D eigenvalue weighted by atomic mass is 9.78. The van der Waals surface area contributed by atoms with Crippen LogP contribution in [0.25, 0.3) is 66.9 Å². The number of aromatic nitrogens is 6. The molecule has 2 N–H and O–H groups in total. The van der Waals surface area contributed by atoms with Crippen LogP contribution in [0.4, 0.5) is 0 Å². The van der Waals surface area contributed by atoms with E-state index in [2.05, 4.69) is 185 Å². The molecule has 6 nitrogen and oxygen atoms in total. The molecule has 0 amide bonds. The molecule has 6 heteroatoms. The van der Waals surface area contributed by atoms with E-state index in [1.165, 1.54) is 50.1 Å². The van der Waals surface area contributed by atoms with E-state index in [1.807, 2.05) is 0 Å². The fourth-order valence-corrected chi connectivity index (χ4v) is 9.73. The van der Waals surface area contributed by atoms with Gasteiger partial charge in [0.15, 0.2) is 11.6 Å². The van der Waals surface area contributed by atoms with Gasteiger partial charge in [-0.3, -0.25) is 0 Å². The summed E-state index contributed by atoms with van der Waals surface area (Å²) in [5.74, 6) is 1.54. The monoisotopic (exact) mass is 857 g/mol. The van der Waals surface area contributed by atoms with Crippen LogP contribution in [-0.2, 0) is 34.5 Å². The van der Waals surface area contributed by atoms with Crippen LogP contribution in [0, 0.1) is 13.8 Å². The Balaban J connectivity index is 1.79. The number of fused-ring (bicyclic) bond motifs is 8. The minimum atomic E-state index is -0.0697. The normalized spacial score (nSPS) is 14.1. The summed E-state index contributed by atoms with van der Waals surface area (Å²) in [6.07, 6.45) is 3.26. The van der Waals surface area contributed by atoms with Crippen LogP contribution >= 0.6 is 0 Å². The van der Waals surface area contributed by atoms with Crippen LogP contribution < -0.4 is 0 Å². The second kappa shape index (κ2) is 16.4. The number of allylic oxidation sites excluding steroid dienone is 4. The third kappa shape index (κ3) is 8.24. The Hall–Kier alpha value is -5.10. The first-order chi connectivity index (χ1) is 29.7. The van der Waals surface area contributed by atoms with Crippen LogP contribution in [0.15, 0.2) is 36.4 Å². The summed E-state index contributed by atoms with van der Waals surface area (Å²) in [4.78, 5) is 30.4. The lowest BCUT2D eigenvalue weighted by Gasteiger charge is -2.26. The number of aromatic amines is 2. The van der Waals surface area contributed by atoms with Crippen molar-refractivity contribution in [1.29, 1.82) is 0 Å². The molecule has 7 rings (SSSR count). The molecular weight excluding hydrogens is 781 g/mol. The molecule has 0 spiro atoms. The average Bonchev–Trinajstić information content (AvgIpc) is 3.89. The van der Waals surface area contributed by atoms with Gasteiger partial charge >= 0.3 is 0 Å². The van der Waals surface area contributed by atoms with Gasteiger partial charge in [-0.2, -0.15) is 0 Å². The lowest BCUT2D eigenvalue weighted by Crippen LogP contribution is -2.16. The number of hydrogen-bond acceptors (Lipinski definition) is 4. The van der Waals surface area contributed by atoms with Gasteiger partial charge in [-0.25, -0.2) is 19.9 Å². The lowest BCUT2D eigenvalue weighted by molar-refractivity contribution is 0.568. The molecule has 0 radical (unpaired) electrons. The first kappa shape index (κ1) is 46.9. The van der Waals surface area contributed by atoms with Crippen molar-refractivity contribution in [3.05, 3.63) is 104 Å². The molecule has 8 bridgehead atoms. The minimum Gasteiger partial charge on any atom is -0.339 e. The zero-order valence-electron chi connectivity index (χ0n) is 43.1. The van der Waals surface area contributed by atoms with Gasteiger partial charge in [-0.15, -0.1) is 0 Å². The van der Waals surface area contributed by atoms with Gasteiger partial charge in [-0.05, 0) is 142 Å². The van der Waals surface area contributed by atoms with Crippen LogP contribution in [0.5, 0.6) is 0 Å². The Morgan fingerprint density at radius 3 is 1.00 bits per heavy atom. The van der Waals surface area contributed by atoms with Gasteiger partial charge in [0.2, 0.25) is 0 Å². The molecule has 0 fully saturated rings. The minimum absolute atomic E-state index is 0.0576. The predicted molar refractivity (Wildman–Crippen MR) is 276 cm³/mol. The first-order valence-electron chi connectivity index (χ1n) is 24.0. The van der Waals surface area contributed by atoms with Gasteiger partial charge in [0.1, 0.15) is 11.3 Å². The second-order valence-corrected chi connectivity index (χ2v) is 22.7. The maximum absolute atomic E-state index is 5.62. The van der Waals surface area contributed by atoms with Gasteiger partial charge in [0, 0.05) is 22.3 Å². The fraction of sp³-hybridized carbons (Fsp3) is 0.483. The zero-order chi connectivity index (χ0) is 47.2. The smallest absolute Gasteiger partial charge is 0.158 e. The van der Waals surface area contributed by atoms with Gasteiger partial charge in [-0.1, -0.05) is 147 Å². The summed E-state index contributed by atoms with van der Waals surface area (Å²) in [5, 5.41) is 0. The molecule has 64 heavy (non-hydrogen) atoms. The zero-order valence-corrected chi connectivity index (χ0v) is 43.1. The molecule has 0 aliphatic carbocycles. The quantitative estimate of drug-likeness (QED) is 0.178. The van der Waals surface area contributed by atoms with Crippen molar-refractivity contribution in [2.75, 3.05) is 0 Å². The number of benzene rings is 2. The van der Waals surface area contributed by atoms with Crippen LogP contribution in [0.1, 0.15) is 205 Å². The molecule has 0 atom stereocenters. The standard InChI is InChI=1S/C58H76N6/c1-21-41-31(5)47-45(35-25-37(55(9,10)11)29-38(26-35)56(12,13)14)48-33(7)43(23-3)53(61-48)64-54-44(24-4)34(8)50(62-54)46(49-32(6)42(22-2)52(60-49)63-51(41)59-47)36-27-39(57(15,16)17)30-40(28-36)58(18,19)20/h25-30H,21-24H2,1-20H3,(H,59,60,63)(H,61,62,64). The van der Waals surface area contributed by atoms with Crippen molar-refractivity contribution >= 4 is 44.6 Å². The highest BCUT2D eigenvalue weighted by molar-refractivity contribution is 6.02. The number of rotatable bonds is 6. The molecule has 0 unspecified atom stereocenters. The highest BCUT2D eigenvalue weighted by Gasteiger charge is 2.30. The summed E-state index contributed by atoms with van der Waals surface area (Å²) in [7, 11) is 0. The SMILES string of the molecule is CCC1=C(C)c2nc1nc1[nH]c(c(C)c1CC)c(-c1cc(C(C)(C)C)cc(C(C)(C)C)c1)c1[nH]c(nc3nc(c2-c2cc(C(C)(C)C)cc(C(C)(C)C)c2)C(C)=C3CC)c(CC)c1C. The number of aryl methyl sites for hydroxylation is 4. The van der Waals surface area contributed by atoms with Crippen molar-refractivity contribution < 1.29 is 0 Å². The Bertz CT molecular complexity index is 2740. The summed E-state index contributed by atoms with van der Waals surface area (Å²) in [6, 6.07) is 14.4. The van der Waals surface area contributed by atoms with Gasteiger partial charge < -0.3 is 9.97 Å². The van der Waals surface area contributed by atoms with Gasteiger partial charge in [0.25, 0.3) is 0 Å². The van der Waals surface area contributed by atoms with Crippen LogP contribution in [0.2, 0.25) is 0 Å². The summed E-state index contributed by atoms with van der Waals surface area (Å²) in [6.45, 7) is 45.7. The topological polar surface area (TPSA) is 83.1 Å². The van der Waals surface area contributed by atoms with Crippen molar-refractivity contribution in [3.63, 3.8) is 0 Å². The predicted octanol–water partition coefficient (Wildman–Crippen LogP) is 16.1. The third-order valence-electron chi connectivity index (χ3n) is 14.0. The number of nitrogens with zero attached hydrogens (tertiary/aromatic N) is 4. The fourth-order valence-electron chi connectivity index (χ4n) is 9.73. The molecule has 3 aromatic heterocycles. The highest BCUT2D eigenvalue weighted by Crippen LogP contribution is 2.46. The molecule has 5 aromatic rings. The van der Waals surface area contributed by atoms with E-state index >= 15 is 0 Å². The summed E-state index contributed by atoms with van der Waals surface area (Å²) in [5.41, 5.74) is 24.7. The molecule has 2 aliphatic heterocycles. The summed E-state index contributed by atoms with van der Waals surface area (Å²) < 4.78 is 0. The van der Waals surface area contributed by atoms with E-state index in [-0.39, 0.29) is 21.7 Å². The van der Waals surface area contributed by atoms with Crippen molar-refractivity contribution in [3.8, 4) is 22.3 Å². The maximum Gasteiger partial charge on any atom is 0.158 e. The molecule has 5 heterocycles. The number of H-pyrrole nitrogens is 2. The Morgan fingerprint density at radius 2 is 0.719 bits per heavy atom. The Morgan fingerprint density at radius 1 is 0.406 bits per heavy atom. The molecule has 2 aliphatic rings. The molecule has 338 valence electrons. The van der Waals surface area contributed by atoms with E-state index in [0.717, 1.165) is 110 Å². The van der Waals surface area contributed by atoms with E-state index < -0.39 is 0 Å². The van der Waals surface area contributed by atoms with Crippen LogP contribution in [-0.4, -0.2) is 29.9 Å².